The van der Waals surface area contributed by atoms with E-state index in [1.165, 1.54) is 28.5 Å². The summed E-state index contributed by atoms with van der Waals surface area (Å²) in [6, 6.07) is 19.4. The van der Waals surface area contributed by atoms with E-state index in [1.54, 1.807) is 17.8 Å². The summed E-state index contributed by atoms with van der Waals surface area (Å²) in [5.74, 6) is 0.579. The van der Waals surface area contributed by atoms with Gasteiger partial charge in [0.05, 0.1) is 11.0 Å². The lowest BCUT2D eigenvalue weighted by Crippen LogP contribution is -1.82. The van der Waals surface area contributed by atoms with E-state index in [9.17, 15) is 4.39 Å². The Morgan fingerprint density at radius 2 is 1.82 bits per heavy atom. The van der Waals surface area contributed by atoms with Gasteiger partial charge in [0.15, 0.2) is 5.16 Å². The minimum Gasteiger partial charge on any atom is -0.333 e. The normalized spacial score (nSPS) is 11.3. The summed E-state index contributed by atoms with van der Waals surface area (Å²) in [6.07, 6.45) is 0. The first-order valence-electron chi connectivity index (χ1n) is 7.04. The van der Waals surface area contributed by atoms with E-state index in [0.717, 1.165) is 21.9 Å². The third kappa shape index (κ3) is 2.57. The molecule has 1 aromatic heterocycles. The van der Waals surface area contributed by atoms with Crippen LogP contribution in [0.4, 0.5) is 4.39 Å². The van der Waals surface area contributed by atoms with Crippen molar-refractivity contribution < 1.29 is 4.39 Å². The number of rotatable bonds is 3. The maximum atomic E-state index is 13.2. The van der Waals surface area contributed by atoms with Gasteiger partial charge in [-0.2, -0.15) is 0 Å². The largest absolute Gasteiger partial charge is 0.333 e. The molecule has 0 bridgehead atoms. The third-order valence-electron chi connectivity index (χ3n) is 3.61. The zero-order valence-electron chi connectivity index (χ0n) is 11.7. The Kier molecular flexibility index (Phi) is 3.31. The Bertz CT molecular complexity index is 962. The number of nitrogens with zero attached hydrogens (tertiary/aromatic N) is 1. The van der Waals surface area contributed by atoms with Crippen molar-refractivity contribution in [3.8, 4) is 0 Å². The van der Waals surface area contributed by atoms with Crippen LogP contribution in [0.5, 0.6) is 0 Å². The highest BCUT2D eigenvalue weighted by Crippen LogP contribution is 2.25. The average Bonchev–Trinajstić information content (AvgIpc) is 2.94. The number of nitrogens with one attached hydrogen (secondary N) is 1. The molecule has 0 aliphatic heterocycles. The highest BCUT2D eigenvalue weighted by atomic mass is 32.2. The van der Waals surface area contributed by atoms with Gasteiger partial charge in [-0.25, -0.2) is 9.37 Å². The predicted octanol–water partition coefficient (Wildman–Crippen LogP) is 5.15. The van der Waals surface area contributed by atoms with Gasteiger partial charge in [0, 0.05) is 5.75 Å². The summed E-state index contributed by atoms with van der Waals surface area (Å²) in [7, 11) is 0. The smallest absolute Gasteiger partial charge is 0.166 e. The number of aromatic nitrogens is 2. The number of aromatic amines is 1. The van der Waals surface area contributed by atoms with Crippen molar-refractivity contribution in [2.45, 2.75) is 10.9 Å². The molecule has 0 amide bonds. The Hall–Kier alpha value is -2.33. The summed E-state index contributed by atoms with van der Waals surface area (Å²) in [5.41, 5.74) is 2.78. The molecule has 0 saturated carbocycles. The molecule has 0 atom stereocenters. The van der Waals surface area contributed by atoms with Crippen LogP contribution < -0.4 is 0 Å². The quantitative estimate of drug-likeness (QED) is 0.530. The van der Waals surface area contributed by atoms with E-state index in [1.807, 2.05) is 12.1 Å². The molecule has 1 heterocycles. The Labute approximate surface area is 131 Å². The van der Waals surface area contributed by atoms with Crippen LogP contribution in [0.2, 0.25) is 0 Å². The molecular weight excluding hydrogens is 295 g/mol. The molecule has 0 unspecified atom stereocenters. The van der Waals surface area contributed by atoms with Crippen molar-refractivity contribution in [3.63, 3.8) is 0 Å². The number of benzene rings is 3. The molecule has 0 saturated heterocycles. The SMILES string of the molecule is Fc1ccc2nc(SCc3ccc4ccccc4c3)[nH]c2c1. The number of hydrogen-bond donors (Lipinski definition) is 1. The first kappa shape index (κ1) is 13.3. The van der Waals surface area contributed by atoms with Gasteiger partial charge in [-0.05, 0) is 34.5 Å². The van der Waals surface area contributed by atoms with Crippen LogP contribution in [0, 0.1) is 5.82 Å². The molecular formula is C18H13FN2S. The van der Waals surface area contributed by atoms with Crippen molar-refractivity contribution in [2.75, 3.05) is 0 Å². The fourth-order valence-corrected chi connectivity index (χ4v) is 3.34. The third-order valence-corrected chi connectivity index (χ3v) is 4.56. The van der Waals surface area contributed by atoms with E-state index in [2.05, 4.69) is 40.3 Å². The van der Waals surface area contributed by atoms with Crippen LogP contribution in [-0.2, 0) is 5.75 Å². The zero-order chi connectivity index (χ0) is 14.9. The molecule has 4 heteroatoms. The molecule has 0 radical (unpaired) electrons. The molecule has 1 N–H and O–H groups in total. The van der Waals surface area contributed by atoms with Crippen molar-refractivity contribution in [3.05, 3.63) is 72.0 Å². The van der Waals surface area contributed by atoms with Gasteiger partial charge in [-0.1, -0.05) is 54.2 Å². The molecule has 3 aromatic carbocycles. The summed E-state index contributed by atoms with van der Waals surface area (Å²) in [4.78, 5) is 7.63. The molecule has 108 valence electrons. The van der Waals surface area contributed by atoms with E-state index in [4.69, 9.17) is 0 Å². The standard InChI is InChI=1S/C18H13FN2S/c19-15-7-8-16-17(10-15)21-18(20-16)22-11-12-5-6-13-3-1-2-4-14(13)9-12/h1-10H,11H2,(H,20,21). The van der Waals surface area contributed by atoms with Crippen LogP contribution in [0.15, 0.2) is 65.8 Å². The van der Waals surface area contributed by atoms with Crippen LogP contribution in [0.25, 0.3) is 21.8 Å². The van der Waals surface area contributed by atoms with Crippen molar-refractivity contribution >= 4 is 33.6 Å². The zero-order valence-corrected chi connectivity index (χ0v) is 12.5. The number of halogens is 1. The second-order valence-electron chi connectivity index (χ2n) is 5.17. The summed E-state index contributed by atoms with van der Waals surface area (Å²) < 4.78 is 13.2. The minimum atomic E-state index is -0.248. The van der Waals surface area contributed by atoms with Crippen LogP contribution in [-0.4, -0.2) is 9.97 Å². The number of thioether (sulfide) groups is 1. The summed E-state index contributed by atoms with van der Waals surface area (Å²) >= 11 is 1.62. The Morgan fingerprint density at radius 3 is 2.73 bits per heavy atom. The van der Waals surface area contributed by atoms with Gasteiger partial charge >= 0.3 is 0 Å². The van der Waals surface area contributed by atoms with E-state index < -0.39 is 0 Å². The molecule has 4 rings (SSSR count). The fourth-order valence-electron chi connectivity index (χ4n) is 2.51. The lowest BCUT2D eigenvalue weighted by Gasteiger charge is -2.02. The Morgan fingerprint density at radius 1 is 0.955 bits per heavy atom. The topological polar surface area (TPSA) is 28.7 Å². The van der Waals surface area contributed by atoms with Crippen LogP contribution >= 0.6 is 11.8 Å². The van der Waals surface area contributed by atoms with Gasteiger partial charge in [-0.3, -0.25) is 0 Å². The summed E-state index contributed by atoms with van der Waals surface area (Å²) in [6.45, 7) is 0. The number of fused-ring (bicyclic) bond motifs is 2. The van der Waals surface area contributed by atoms with Crippen molar-refractivity contribution in [2.24, 2.45) is 0 Å². The first-order valence-corrected chi connectivity index (χ1v) is 8.02. The van der Waals surface area contributed by atoms with Gasteiger partial charge in [0.25, 0.3) is 0 Å². The van der Waals surface area contributed by atoms with E-state index >= 15 is 0 Å². The van der Waals surface area contributed by atoms with E-state index in [0.29, 0.717) is 0 Å². The first-order chi connectivity index (χ1) is 10.8. The van der Waals surface area contributed by atoms with Gasteiger partial charge in [0.2, 0.25) is 0 Å². The van der Waals surface area contributed by atoms with Gasteiger partial charge in [0.1, 0.15) is 5.82 Å². The molecule has 0 fully saturated rings. The van der Waals surface area contributed by atoms with Crippen LogP contribution in [0.3, 0.4) is 0 Å². The lowest BCUT2D eigenvalue weighted by atomic mass is 10.1. The maximum Gasteiger partial charge on any atom is 0.166 e. The molecule has 0 spiro atoms. The van der Waals surface area contributed by atoms with Gasteiger partial charge < -0.3 is 4.98 Å². The monoisotopic (exact) mass is 308 g/mol. The Balaban J connectivity index is 1.56. The minimum absolute atomic E-state index is 0.248. The van der Waals surface area contributed by atoms with Crippen molar-refractivity contribution in [1.29, 1.82) is 0 Å². The maximum absolute atomic E-state index is 13.2. The van der Waals surface area contributed by atoms with Crippen molar-refractivity contribution in [1.82, 2.24) is 9.97 Å². The van der Waals surface area contributed by atoms with Gasteiger partial charge in [-0.15, -0.1) is 0 Å². The molecule has 2 nitrogen and oxygen atoms in total. The predicted molar refractivity (Wildman–Crippen MR) is 89.6 cm³/mol. The highest BCUT2D eigenvalue weighted by Gasteiger charge is 2.05. The number of H-pyrrole nitrogens is 1. The van der Waals surface area contributed by atoms with E-state index in [-0.39, 0.29) is 5.82 Å². The molecule has 4 aromatic rings. The summed E-state index contributed by atoms with van der Waals surface area (Å²) in [5, 5.41) is 3.30. The molecule has 0 aliphatic rings. The average molecular weight is 308 g/mol. The van der Waals surface area contributed by atoms with Crippen LogP contribution in [0.1, 0.15) is 5.56 Å². The number of imidazole rings is 1. The second kappa shape index (κ2) is 5.46. The highest BCUT2D eigenvalue weighted by molar-refractivity contribution is 7.98. The fraction of sp³-hybridized carbons (Fsp3) is 0.0556. The lowest BCUT2D eigenvalue weighted by molar-refractivity contribution is 0.629. The second-order valence-corrected chi connectivity index (χ2v) is 6.14. The number of hydrogen-bond acceptors (Lipinski definition) is 2. The molecule has 22 heavy (non-hydrogen) atoms. The molecule has 0 aliphatic carbocycles.